The van der Waals surface area contributed by atoms with Crippen LogP contribution in [0.4, 0.5) is 5.69 Å². The summed E-state index contributed by atoms with van der Waals surface area (Å²) in [5.41, 5.74) is 0.673. The van der Waals surface area contributed by atoms with Gasteiger partial charge in [0, 0.05) is 0 Å². The lowest BCUT2D eigenvalue weighted by Crippen LogP contribution is -2.04. The molecule has 2 aromatic rings. The fourth-order valence-corrected chi connectivity index (χ4v) is 1.85. The molecule has 102 valence electrons. The monoisotopic (exact) mass is 271 g/mol. The zero-order chi connectivity index (χ0) is 14.5. The van der Waals surface area contributed by atoms with Crippen LogP contribution in [0.2, 0.25) is 0 Å². The van der Waals surface area contributed by atoms with Crippen molar-refractivity contribution in [2.45, 2.75) is 13.5 Å². The van der Waals surface area contributed by atoms with Gasteiger partial charge >= 0.3 is 5.69 Å². The van der Waals surface area contributed by atoms with Crippen LogP contribution in [0, 0.1) is 10.1 Å². The van der Waals surface area contributed by atoms with Crippen LogP contribution in [0.15, 0.2) is 48.5 Å². The number of ether oxygens (including phenoxy) is 1. The second kappa shape index (κ2) is 5.97. The quantitative estimate of drug-likeness (QED) is 0.475. The van der Waals surface area contributed by atoms with Crippen molar-refractivity contribution in [3.63, 3.8) is 0 Å². The van der Waals surface area contributed by atoms with E-state index in [0.717, 1.165) is 5.56 Å². The predicted molar refractivity (Wildman–Crippen MR) is 73.9 cm³/mol. The zero-order valence-corrected chi connectivity index (χ0v) is 10.9. The van der Waals surface area contributed by atoms with Gasteiger partial charge in [0.2, 0.25) is 0 Å². The van der Waals surface area contributed by atoms with E-state index in [1.807, 2.05) is 30.3 Å². The lowest BCUT2D eigenvalue weighted by atomic mass is 10.1. The number of nitrogens with zero attached hydrogens (tertiary/aromatic N) is 1. The van der Waals surface area contributed by atoms with Gasteiger partial charge in [-0.15, -0.1) is 0 Å². The van der Waals surface area contributed by atoms with E-state index in [9.17, 15) is 14.9 Å². The highest BCUT2D eigenvalue weighted by atomic mass is 16.6. The highest BCUT2D eigenvalue weighted by Crippen LogP contribution is 2.31. The molecule has 0 N–H and O–H groups in total. The van der Waals surface area contributed by atoms with E-state index in [4.69, 9.17) is 4.74 Å². The Balaban J connectivity index is 2.30. The van der Waals surface area contributed by atoms with Crippen molar-refractivity contribution in [1.82, 2.24) is 0 Å². The third kappa shape index (κ3) is 3.00. The van der Waals surface area contributed by atoms with Crippen LogP contribution in [0.25, 0.3) is 0 Å². The first-order valence-electron chi connectivity index (χ1n) is 6.04. The minimum absolute atomic E-state index is 0.0561. The third-order valence-electron chi connectivity index (χ3n) is 2.80. The molecule has 0 saturated carbocycles. The van der Waals surface area contributed by atoms with E-state index in [2.05, 4.69) is 0 Å². The minimum Gasteiger partial charge on any atom is -0.482 e. The SMILES string of the molecule is CC(=O)c1cccc(OCc2ccccc2)c1[N+](=O)[O-]. The van der Waals surface area contributed by atoms with Crippen LogP contribution in [0.5, 0.6) is 5.75 Å². The minimum atomic E-state index is -0.586. The molecule has 0 bridgehead atoms. The zero-order valence-electron chi connectivity index (χ0n) is 10.9. The van der Waals surface area contributed by atoms with Gasteiger partial charge in [-0.05, 0) is 24.6 Å². The number of hydrogen-bond acceptors (Lipinski definition) is 4. The van der Waals surface area contributed by atoms with Crippen LogP contribution in [0.1, 0.15) is 22.8 Å². The second-order valence-corrected chi connectivity index (χ2v) is 4.24. The summed E-state index contributed by atoms with van der Waals surface area (Å²) in [6, 6.07) is 13.8. The Labute approximate surface area is 116 Å². The van der Waals surface area contributed by atoms with Crippen molar-refractivity contribution in [1.29, 1.82) is 0 Å². The van der Waals surface area contributed by atoms with Crippen molar-refractivity contribution in [2.75, 3.05) is 0 Å². The van der Waals surface area contributed by atoms with E-state index in [1.165, 1.54) is 19.1 Å². The number of carbonyl (C=O) groups excluding carboxylic acids is 1. The molecule has 0 aliphatic heterocycles. The number of nitro groups is 1. The van der Waals surface area contributed by atoms with Crippen LogP contribution >= 0.6 is 0 Å². The van der Waals surface area contributed by atoms with Crippen LogP contribution in [0.3, 0.4) is 0 Å². The summed E-state index contributed by atoms with van der Waals surface area (Å²) in [5.74, 6) is -0.256. The summed E-state index contributed by atoms with van der Waals surface area (Å²) in [4.78, 5) is 22.0. The number of para-hydroxylation sites is 1. The van der Waals surface area contributed by atoms with Crippen LogP contribution in [-0.4, -0.2) is 10.7 Å². The summed E-state index contributed by atoms with van der Waals surface area (Å²) < 4.78 is 5.48. The lowest BCUT2D eigenvalue weighted by Gasteiger charge is -2.08. The first-order chi connectivity index (χ1) is 9.59. The van der Waals surface area contributed by atoms with E-state index < -0.39 is 4.92 Å². The average molecular weight is 271 g/mol. The molecule has 5 heteroatoms. The normalized spacial score (nSPS) is 10.1. The van der Waals surface area contributed by atoms with Gasteiger partial charge in [-0.2, -0.15) is 0 Å². The molecule has 0 aliphatic rings. The number of rotatable bonds is 5. The molecule has 2 rings (SSSR count). The molecule has 5 nitrogen and oxygen atoms in total. The molecule has 20 heavy (non-hydrogen) atoms. The van der Waals surface area contributed by atoms with Gasteiger partial charge < -0.3 is 4.74 Å². The Bertz CT molecular complexity index is 638. The molecule has 0 fully saturated rings. The first kappa shape index (κ1) is 13.7. The fraction of sp³-hybridized carbons (Fsp3) is 0.133. The molecule has 0 spiro atoms. The molecule has 0 heterocycles. The fourth-order valence-electron chi connectivity index (χ4n) is 1.85. The number of ketones is 1. The summed E-state index contributed by atoms with van der Waals surface area (Å²) in [6.07, 6.45) is 0. The van der Waals surface area contributed by atoms with Crippen LogP contribution < -0.4 is 4.74 Å². The van der Waals surface area contributed by atoms with Gasteiger partial charge in [0.25, 0.3) is 0 Å². The van der Waals surface area contributed by atoms with Crippen molar-refractivity contribution >= 4 is 11.5 Å². The number of nitro benzene ring substituents is 1. The Kier molecular flexibility index (Phi) is 4.10. The Morgan fingerprint density at radius 2 is 1.85 bits per heavy atom. The second-order valence-electron chi connectivity index (χ2n) is 4.24. The molecule has 0 aromatic heterocycles. The van der Waals surface area contributed by atoms with Crippen molar-refractivity contribution in [2.24, 2.45) is 0 Å². The smallest absolute Gasteiger partial charge is 0.321 e. The van der Waals surface area contributed by atoms with Crippen molar-refractivity contribution in [3.8, 4) is 5.75 Å². The standard InChI is InChI=1S/C15H13NO4/c1-11(17)13-8-5-9-14(15(13)16(18)19)20-10-12-6-3-2-4-7-12/h2-9H,10H2,1H3. The van der Waals surface area contributed by atoms with E-state index in [1.54, 1.807) is 6.07 Å². The molecule has 0 saturated heterocycles. The average Bonchev–Trinajstić information content (AvgIpc) is 2.45. The summed E-state index contributed by atoms with van der Waals surface area (Å²) in [5, 5.41) is 11.1. The number of carbonyl (C=O) groups is 1. The Morgan fingerprint density at radius 1 is 1.15 bits per heavy atom. The highest BCUT2D eigenvalue weighted by molar-refractivity contribution is 5.99. The number of benzene rings is 2. The maximum Gasteiger partial charge on any atom is 0.321 e. The highest BCUT2D eigenvalue weighted by Gasteiger charge is 2.23. The Hall–Kier alpha value is -2.69. The lowest BCUT2D eigenvalue weighted by molar-refractivity contribution is -0.386. The maximum absolute atomic E-state index is 11.4. The van der Waals surface area contributed by atoms with Crippen LogP contribution in [-0.2, 0) is 6.61 Å². The van der Waals surface area contributed by atoms with Gasteiger partial charge in [-0.3, -0.25) is 14.9 Å². The molecule has 0 radical (unpaired) electrons. The summed E-state index contributed by atoms with van der Waals surface area (Å²) >= 11 is 0. The number of hydrogen-bond donors (Lipinski definition) is 0. The van der Waals surface area contributed by atoms with Crippen molar-refractivity contribution in [3.05, 3.63) is 69.8 Å². The topological polar surface area (TPSA) is 69.4 Å². The maximum atomic E-state index is 11.4. The van der Waals surface area contributed by atoms with E-state index in [-0.39, 0.29) is 29.4 Å². The first-order valence-corrected chi connectivity index (χ1v) is 6.04. The van der Waals surface area contributed by atoms with Crippen molar-refractivity contribution < 1.29 is 14.5 Å². The third-order valence-corrected chi connectivity index (χ3v) is 2.80. The molecule has 0 unspecified atom stereocenters. The molecule has 0 atom stereocenters. The molecule has 0 aliphatic carbocycles. The largest absolute Gasteiger partial charge is 0.482 e. The van der Waals surface area contributed by atoms with E-state index >= 15 is 0 Å². The molecular formula is C15H13NO4. The van der Waals surface area contributed by atoms with Gasteiger partial charge in [0.15, 0.2) is 11.5 Å². The summed E-state index contributed by atoms with van der Waals surface area (Å²) in [6.45, 7) is 1.51. The number of Topliss-reactive ketones (excluding diaryl/α,β-unsaturated/α-hetero) is 1. The molecule has 0 amide bonds. The molecular weight excluding hydrogens is 258 g/mol. The van der Waals surface area contributed by atoms with Gasteiger partial charge in [-0.1, -0.05) is 36.4 Å². The van der Waals surface area contributed by atoms with E-state index in [0.29, 0.717) is 0 Å². The van der Waals surface area contributed by atoms with Gasteiger partial charge in [0.1, 0.15) is 6.61 Å². The molecule has 2 aromatic carbocycles. The van der Waals surface area contributed by atoms with Gasteiger partial charge in [-0.25, -0.2) is 0 Å². The van der Waals surface area contributed by atoms with Gasteiger partial charge in [0.05, 0.1) is 10.5 Å². The Morgan fingerprint density at radius 3 is 2.45 bits per heavy atom. The summed E-state index contributed by atoms with van der Waals surface area (Å²) in [7, 11) is 0. The predicted octanol–water partition coefficient (Wildman–Crippen LogP) is 3.38.